The van der Waals surface area contributed by atoms with Crippen LogP contribution in [0.2, 0.25) is 0 Å². The van der Waals surface area contributed by atoms with E-state index in [2.05, 4.69) is 10.3 Å². The Balaban J connectivity index is 2.09. The zero-order valence-corrected chi connectivity index (χ0v) is 12.8. The fourth-order valence-electron chi connectivity index (χ4n) is 2.21. The quantitative estimate of drug-likeness (QED) is 0.862. The van der Waals surface area contributed by atoms with Gasteiger partial charge in [-0.05, 0) is 18.9 Å². The number of rotatable bonds is 5. The van der Waals surface area contributed by atoms with Gasteiger partial charge in [-0.25, -0.2) is 4.98 Å². The van der Waals surface area contributed by atoms with Crippen LogP contribution in [0.25, 0.3) is 0 Å². The van der Waals surface area contributed by atoms with Gasteiger partial charge < -0.3 is 11.1 Å². The number of amides is 1. The lowest BCUT2D eigenvalue weighted by atomic mass is 10.2. The maximum absolute atomic E-state index is 12.2. The summed E-state index contributed by atoms with van der Waals surface area (Å²) in [7, 11) is 0. The number of hydrogen-bond acceptors (Lipinski definition) is 4. The van der Waals surface area contributed by atoms with E-state index in [-0.39, 0.29) is 24.0 Å². The molecule has 0 bridgehead atoms. The Bertz CT molecular complexity index is 723. The highest BCUT2D eigenvalue weighted by Crippen LogP contribution is 2.04. The largest absolute Gasteiger partial charge is 0.369 e. The second-order valence-corrected chi connectivity index (χ2v) is 5.05. The molecule has 1 heterocycles. The maximum Gasteiger partial charge on any atom is 0.258 e. The van der Waals surface area contributed by atoms with Crippen LogP contribution < -0.4 is 16.6 Å². The van der Waals surface area contributed by atoms with Gasteiger partial charge >= 0.3 is 0 Å². The standard InChI is InChI=1S/C16H20N4O2/c1-3-13-11(2)15(22)20(16(17)19-13)10-14(21)18-9-12-7-5-4-6-8-12/h4-8H,3,9-10H2,1-2H3,(H2,17,19)(H,18,21). The molecule has 6 heteroatoms. The van der Waals surface area contributed by atoms with Gasteiger partial charge in [0.25, 0.3) is 5.56 Å². The van der Waals surface area contributed by atoms with Crippen molar-refractivity contribution >= 4 is 11.9 Å². The molecule has 0 aliphatic rings. The van der Waals surface area contributed by atoms with Gasteiger partial charge in [-0.2, -0.15) is 0 Å². The lowest BCUT2D eigenvalue weighted by Gasteiger charge is -2.12. The number of anilines is 1. The number of aromatic nitrogens is 2. The number of nitrogen functional groups attached to an aromatic ring is 1. The Kier molecular flexibility index (Phi) is 4.93. The van der Waals surface area contributed by atoms with E-state index in [0.717, 1.165) is 5.56 Å². The maximum atomic E-state index is 12.2. The molecule has 0 unspecified atom stereocenters. The fraction of sp³-hybridized carbons (Fsp3) is 0.312. The summed E-state index contributed by atoms with van der Waals surface area (Å²) in [5.74, 6) is -0.203. The van der Waals surface area contributed by atoms with E-state index in [9.17, 15) is 9.59 Å². The predicted molar refractivity (Wildman–Crippen MR) is 85.3 cm³/mol. The Hall–Kier alpha value is -2.63. The highest BCUT2D eigenvalue weighted by atomic mass is 16.2. The number of nitrogens with two attached hydrogens (primary N) is 1. The molecule has 0 spiro atoms. The van der Waals surface area contributed by atoms with Gasteiger partial charge in [0.05, 0.1) is 5.69 Å². The van der Waals surface area contributed by atoms with Crippen molar-refractivity contribution in [2.24, 2.45) is 0 Å². The molecular formula is C16H20N4O2. The molecule has 1 aromatic heterocycles. The molecule has 0 radical (unpaired) electrons. The smallest absolute Gasteiger partial charge is 0.258 e. The zero-order chi connectivity index (χ0) is 16.1. The summed E-state index contributed by atoms with van der Waals surface area (Å²) in [5.41, 5.74) is 7.73. The highest BCUT2D eigenvalue weighted by Gasteiger charge is 2.13. The number of aryl methyl sites for hydroxylation is 1. The molecule has 1 aromatic carbocycles. The molecule has 0 aliphatic heterocycles. The molecule has 0 saturated carbocycles. The summed E-state index contributed by atoms with van der Waals surface area (Å²) in [6.07, 6.45) is 0.631. The third kappa shape index (κ3) is 3.52. The average Bonchev–Trinajstić information content (AvgIpc) is 2.54. The Morgan fingerprint density at radius 1 is 1.32 bits per heavy atom. The molecule has 22 heavy (non-hydrogen) atoms. The summed E-state index contributed by atoms with van der Waals surface area (Å²) in [6.45, 7) is 3.89. The summed E-state index contributed by atoms with van der Waals surface area (Å²) in [5, 5.41) is 2.77. The summed E-state index contributed by atoms with van der Waals surface area (Å²) in [4.78, 5) is 28.4. The van der Waals surface area contributed by atoms with E-state index in [1.807, 2.05) is 37.3 Å². The van der Waals surface area contributed by atoms with Crippen molar-refractivity contribution in [2.75, 3.05) is 5.73 Å². The van der Waals surface area contributed by atoms with Gasteiger partial charge in [0, 0.05) is 12.1 Å². The van der Waals surface area contributed by atoms with Gasteiger partial charge in [0.15, 0.2) is 0 Å². The van der Waals surface area contributed by atoms with E-state index in [0.29, 0.717) is 24.2 Å². The Labute approximate surface area is 129 Å². The molecule has 0 atom stereocenters. The lowest BCUT2D eigenvalue weighted by Crippen LogP contribution is -2.35. The number of benzene rings is 1. The number of hydrogen-bond donors (Lipinski definition) is 2. The van der Waals surface area contributed by atoms with Crippen molar-refractivity contribution in [1.29, 1.82) is 0 Å². The minimum Gasteiger partial charge on any atom is -0.369 e. The molecule has 1 amide bonds. The number of nitrogens with one attached hydrogen (secondary N) is 1. The first-order chi connectivity index (χ1) is 10.5. The molecule has 0 fully saturated rings. The second kappa shape index (κ2) is 6.89. The molecule has 0 aliphatic carbocycles. The van der Waals surface area contributed by atoms with Crippen molar-refractivity contribution < 1.29 is 4.79 Å². The molecule has 2 aromatic rings. The summed E-state index contributed by atoms with van der Waals surface area (Å²) in [6, 6.07) is 9.56. The molecular weight excluding hydrogens is 280 g/mol. The first kappa shape index (κ1) is 15.8. The molecule has 3 N–H and O–H groups in total. The fourth-order valence-corrected chi connectivity index (χ4v) is 2.21. The van der Waals surface area contributed by atoms with E-state index in [1.54, 1.807) is 6.92 Å². The van der Waals surface area contributed by atoms with E-state index >= 15 is 0 Å². The van der Waals surface area contributed by atoms with Crippen molar-refractivity contribution in [3.63, 3.8) is 0 Å². The monoisotopic (exact) mass is 300 g/mol. The number of carbonyl (C=O) groups excluding carboxylic acids is 1. The third-order valence-corrected chi connectivity index (χ3v) is 3.49. The van der Waals surface area contributed by atoms with Crippen LogP contribution in [0.4, 0.5) is 5.95 Å². The minimum absolute atomic E-state index is 0.0716. The van der Waals surface area contributed by atoms with Gasteiger partial charge in [-0.3, -0.25) is 14.2 Å². The van der Waals surface area contributed by atoms with Crippen LogP contribution in [-0.4, -0.2) is 15.5 Å². The van der Waals surface area contributed by atoms with E-state index in [4.69, 9.17) is 5.73 Å². The number of carbonyl (C=O) groups is 1. The van der Waals surface area contributed by atoms with Crippen LogP contribution in [0.5, 0.6) is 0 Å². The van der Waals surface area contributed by atoms with Crippen molar-refractivity contribution in [1.82, 2.24) is 14.9 Å². The molecule has 2 rings (SSSR count). The first-order valence-corrected chi connectivity index (χ1v) is 7.19. The SMILES string of the molecule is CCc1nc(N)n(CC(=O)NCc2ccccc2)c(=O)c1C. The normalized spacial score (nSPS) is 10.5. The third-order valence-electron chi connectivity index (χ3n) is 3.49. The predicted octanol–water partition coefficient (Wildman–Crippen LogP) is 1.01. The summed E-state index contributed by atoms with van der Waals surface area (Å²) >= 11 is 0. The Morgan fingerprint density at radius 3 is 2.64 bits per heavy atom. The summed E-state index contributed by atoms with van der Waals surface area (Å²) < 4.78 is 1.20. The van der Waals surface area contributed by atoms with Crippen LogP contribution in [-0.2, 0) is 24.3 Å². The van der Waals surface area contributed by atoms with Gasteiger partial charge in [0.2, 0.25) is 11.9 Å². The lowest BCUT2D eigenvalue weighted by molar-refractivity contribution is -0.121. The molecule has 6 nitrogen and oxygen atoms in total. The second-order valence-electron chi connectivity index (χ2n) is 5.05. The minimum atomic E-state index is -0.275. The van der Waals surface area contributed by atoms with Gasteiger partial charge in [-0.1, -0.05) is 37.3 Å². The van der Waals surface area contributed by atoms with Gasteiger partial charge in [-0.15, -0.1) is 0 Å². The van der Waals surface area contributed by atoms with Crippen molar-refractivity contribution in [2.45, 2.75) is 33.4 Å². The van der Waals surface area contributed by atoms with Gasteiger partial charge in [0.1, 0.15) is 6.54 Å². The first-order valence-electron chi connectivity index (χ1n) is 7.19. The van der Waals surface area contributed by atoms with Crippen molar-refractivity contribution in [3.8, 4) is 0 Å². The van der Waals surface area contributed by atoms with Crippen LogP contribution in [0, 0.1) is 6.92 Å². The molecule has 116 valence electrons. The average molecular weight is 300 g/mol. The van der Waals surface area contributed by atoms with Crippen LogP contribution in [0.1, 0.15) is 23.7 Å². The zero-order valence-electron chi connectivity index (χ0n) is 12.8. The van der Waals surface area contributed by atoms with Crippen LogP contribution >= 0.6 is 0 Å². The number of nitrogens with zero attached hydrogens (tertiary/aromatic N) is 2. The molecule has 0 saturated heterocycles. The van der Waals surface area contributed by atoms with E-state index < -0.39 is 0 Å². The van der Waals surface area contributed by atoms with E-state index in [1.165, 1.54) is 4.57 Å². The Morgan fingerprint density at radius 2 is 2.00 bits per heavy atom. The van der Waals surface area contributed by atoms with Crippen LogP contribution in [0.3, 0.4) is 0 Å². The van der Waals surface area contributed by atoms with Crippen molar-refractivity contribution in [3.05, 3.63) is 57.5 Å². The highest BCUT2D eigenvalue weighted by molar-refractivity contribution is 5.76. The van der Waals surface area contributed by atoms with Crippen LogP contribution in [0.15, 0.2) is 35.1 Å². The topological polar surface area (TPSA) is 90.0 Å².